The van der Waals surface area contributed by atoms with Crippen molar-refractivity contribution in [1.29, 1.82) is 0 Å². The van der Waals surface area contributed by atoms with Crippen LogP contribution in [-0.2, 0) is 0 Å². The van der Waals surface area contributed by atoms with E-state index in [4.69, 9.17) is 9.47 Å². The van der Waals surface area contributed by atoms with Crippen molar-refractivity contribution in [1.82, 2.24) is 5.32 Å². The summed E-state index contributed by atoms with van der Waals surface area (Å²) in [6, 6.07) is 12.0. The highest BCUT2D eigenvalue weighted by Crippen LogP contribution is 2.33. The number of halogens is 1. The van der Waals surface area contributed by atoms with Gasteiger partial charge in [0.05, 0.1) is 20.3 Å². The van der Waals surface area contributed by atoms with Crippen molar-refractivity contribution in [2.24, 2.45) is 0 Å². The van der Waals surface area contributed by atoms with Crippen LogP contribution in [0.3, 0.4) is 0 Å². The number of nitrogens with one attached hydrogen (secondary N) is 1. The standard InChI is InChI=1S/C17H20FNO2/c1-4-19-17(12-6-5-7-13(18)10-12)15-11-14(20-2)8-9-16(15)21-3/h5-11,17,19H,4H2,1-3H3. The molecule has 0 saturated carbocycles. The highest BCUT2D eigenvalue weighted by Gasteiger charge is 2.18. The molecule has 0 saturated heterocycles. The Hall–Kier alpha value is -2.07. The summed E-state index contributed by atoms with van der Waals surface area (Å²) < 4.78 is 24.2. The molecule has 4 heteroatoms. The third-order valence-corrected chi connectivity index (χ3v) is 3.34. The van der Waals surface area contributed by atoms with Crippen molar-refractivity contribution in [3.63, 3.8) is 0 Å². The van der Waals surface area contributed by atoms with Crippen LogP contribution >= 0.6 is 0 Å². The summed E-state index contributed by atoms with van der Waals surface area (Å²) in [5, 5.41) is 3.37. The fourth-order valence-electron chi connectivity index (χ4n) is 2.36. The average Bonchev–Trinajstić information content (AvgIpc) is 2.52. The van der Waals surface area contributed by atoms with E-state index in [2.05, 4.69) is 5.32 Å². The second kappa shape index (κ2) is 7.09. The van der Waals surface area contributed by atoms with Gasteiger partial charge in [-0.2, -0.15) is 0 Å². The van der Waals surface area contributed by atoms with Crippen LogP contribution in [0.5, 0.6) is 11.5 Å². The summed E-state index contributed by atoms with van der Waals surface area (Å²) in [5.41, 5.74) is 1.77. The minimum atomic E-state index is -0.253. The quantitative estimate of drug-likeness (QED) is 0.882. The first kappa shape index (κ1) is 15.3. The molecule has 2 aromatic carbocycles. The summed E-state index contributed by atoms with van der Waals surface area (Å²) in [7, 11) is 3.25. The van der Waals surface area contributed by atoms with Crippen molar-refractivity contribution >= 4 is 0 Å². The van der Waals surface area contributed by atoms with Gasteiger partial charge in [0.1, 0.15) is 17.3 Å². The minimum Gasteiger partial charge on any atom is -0.497 e. The first-order valence-electron chi connectivity index (χ1n) is 6.90. The SMILES string of the molecule is CCNC(c1cccc(F)c1)c1cc(OC)ccc1OC. The zero-order valence-corrected chi connectivity index (χ0v) is 12.5. The molecule has 0 fully saturated rings. The van der Waals surface area contributed by atoms with E-state index in [1.807, 2.05) is 31.2 Å². The molecule has 3 nitrogen and oxygen atoms in total. The molecule has 0 aromatic heterocycles. The molecule has 21 heavy (non-hydrogen) atoms. The van der Waals surface area contributed by atoms with Crippen LogP contribution in [0, 0.1) is 5.82 Å². The van der Waals surface area contributed by atoms with Gasteiger partial charge in [-0.05, 0) is 42.4 Å². The maximum Gasteiger partial charge on any atom is 0.124 e. The summed E-state index contributed by atoms with van der Waals surface area (Å²) in [6.07, 6.45) is 0. The summed E-state index contributed by atoms with van der Waals surface area (Å²) in [6.45, 7) is 2.76. The van der Waals surface area contributed by atoms with Gasteiger partial charge in [-0.15, -0.1) is 0 Å². The molecule has 1 N–H and O–H groups in total. The van der Waals surface area contributed by atoms with Crippen LogP contribution in [0.15, 0.2) is 42.5 Å². The summed E-state index contributed by atoms with van der Waals surface area (Å²) >= 11 is 0. The monoisotopic (exact) mass is 289 g/mol. The van der Waals surface area contributed by atoms with Crippen molar-refractivity contribution < 1.29 is 13.9 Å². The summed E-state index contributed by atoms with van der Waals surface area (Å²) in [5.74, 6) is 1.23. The number of ether oxygens (including phenoxy) is 2. The Morgan fingerprint density at radius 1 is 1.10 bits per heavy atom. The normalized spacial score (nSPS) is 12.0. The molecule has 0 heterocycles. The van der Waals surface area contributed by atoms with Crippen LogP contribution in [0.1, 0.15) is 24.1 Å². The molecule has 0 amide bonds. The van der Waals surface area contributed by atoms with E-state index in [9.17, 15) is 4.39 Å². The zero-order chi connectivity index (χ0) is 15.2. The van der Waals surface area contributed by atoms with Crippen LogP contribution < -0.4 is 14.8 Å². The Bertz CT molecular complexity index is 601. The summed E-state index contributed by atoms with van der Waals surface area (Å²) in [4.78, 5) is 0. The first-order chi connectivity index (χ1) is 10.2. The Morgan fingerprint density at radius 3 is 2.52 bits per heavy atom. The van der Waals surface area contributed by atoms with E-state index in [-0.39, 0.29) is 11.9 Å². The largest absolute Gasteiger partial charge is 0.497 e. The van der Waals surface area contributed by atoms with Gasteiger partial charge < -0.3 is 14.8 Å². The smallest absolute Gasteiger partial charge is 0.124 e. The highest BCUT2D eigenvalue weighted by atomic mass is 19.1. The third-order valence-electron chi connectivity index (χ3n) is 3.34. The number of benzene rings is 2. The topological polar surface area (TPSA) is 30.5 Å². The zero-order valence-electron chi connectivity index (χ0n) is 12.5. The molecule has 1 atom stereocenters. The molecule has 1 unspecified atom stereocenters. The van der Waals surface area contributed by atoms with Crippen molar-refractivity contribution in [3.8, 4) is 11.5 Å². The van der Waals surface area contributed by atoms with E-state index in [1.54, 1.807) is 20.3 Å². The number of hydrogen-bond acceptors (Lipinski definition) is 3. The molecule has 2 aromatic rings. The van der Waals surface area contributed by atoms with Crippen molar-refractivity contribution in [2.45, 2.75) is 13.0 Å². The first-order valence-corrected chi connectivity index (χ1v) is 6.90. The Kier molecular flexibility index (Phi) is 5.17. The second-order valence-corrected chi connectivity index (χ2v) is 4.65. The fourth-order valence-corrected chi connectivity index (χ4v) is 2.36. The Morgan fingerprint density at radius 2 is 1.90 bits per heavy atom. The minimum absolute atomic E-state index is 0.157. The lowest BCUT2D eigenvalue weighted by Crippen LogP contribution is -2.22. The van der Waals surface area contributed by atoms with E-state index >= 15 is 0 Å². The lowest BCUT2D eigenvalue weighted by atomic mass is 9.97. The van der Waals surface area contributed by atoms with Gasteiger partial charge in [0.25, 0.3) is 0 Å². The number of methoxy groups -OCH3 is 2. The molecule has 0 radical (unpaired) electrons. The van der Waals surface area contributed by atoms with E-state index in [1.165, 1.54) is 12.1 Å². The van der Waals surface area contributed by atoms with Crippen LogP contribution in [0.25, 0.3) is 0 Å². The molecule has 112 valence electrons. The van der Waals surface area contributed by atoms with E-state index in [0.29, 0.717) is 0 Å². The van der Waals surface area contributed by atoms with E-state index in [0.717, 1.165) is 29.2 Å². The van der Waals surface area contributed by atoms with Gasteiger partial charge in [0, 0.05) is 5.56 Å². The maximum absolute atomic E-state index is 13.5. The lowest BCUT2D eigenvalue weighted by molar-refractivity contribution is 0.394. The molecule has 0 spiro atoms. The van der Waals surface area contributed by atoms with Crippen molar-refractivity contribution in [2.75, 3.05) is 20.8 Å². The molecule has 0 bridgehead atoms. The second-order valence-electron chi connectivity index (χ2n) is 4.65. The maximum atomic E-state index is 13.5. The van der Waals surface area contributed by atoms with Crippen LogP contribution in [0.4, 0.5) is 4.39 Å². The Balaban J connectivity index is 2.51. The third kappa shape index (κ3) is 3.52. The van der Waals surface area contributed by atoms with Gasteiger partial charge in [-0.3, -0.25) is 0 Å². The van der Waals surface area contributed by atoms with Crippen LogP contribution in [0.2, 0.25) is 0 Å². The molecule has 0 aliphatic heterocycles. The van der Waals surface area contributed by atoms with Gasteiger partial charge >= 0.3 is 0 Å². The van der Waals surface area contributed by atoms with Gasteiger partial charge in [0.15, 0.2) is 0 Å². The van der Waals surface area contributed by atoms with E-state index < -0.39 is 0 Å². The lowest BCUT2D eigenvalue weighted by Gasteiger charge is -2.22. The van der Waals surface area contributed by atoms with Gasteiger partial charge in [0.2, 0.25) is 0 Å². The molecular weight excluding hydrogens is 269 g/mol. The molecular formula is C17H20FNO2. The fraction of sp³-hybridized carbons (Fsp3) is 0.294. The average molecular weight is 289 g/mol. The number of hydrogen-bond donors (Lipinski definition) is 1. The predicted molar refractivity (Wildman–Crippen MR) is 81.5 cm³/mol. The van der Waals surface area contributed by atoms with Gasteiger partial charge in [-0.25, -0.2) is 4.39 Å². The molecule has 0 aliphatic rings. The highest BCUT2D eigenvalue weighted by molar-refractivity contribution is 5.46. The number of rotatable bonds is 6. The Labute approximate surface area is 124 Å². The molecule has 2 rings (SSSR count). The molecule has 0 aliphatic carbocycles. The predicted octanol–water partition coefficient (Wildman–Crippen LogP) is 3.54. The van der Waals surface area contributed by atoms with Crippen LogP contribution in [-0.4, -0.2) is 20.8 Å². The van der Waals surface area contributed by atoms with Crippen molar-refractivity contribution in [3.05, 3.63) is 59.4 Å². The van der Waals surface area contributed by atoms with Gasteiger partial charge in [-0.1, -0.05) is 19.1 Å².